The Morgan fingerprint density at radius 1 is 1.15 bits per heavy atom. The van der Waals surface area contributed by atoms with Crippen molar-refractivity contribution in [3.05, 3.63) is 82.0 Å². The highest BCUT2D eigenvalue weighted by Crippen LogP contribution is 2.38. The highest BCUT2D eigenvalue weighted by molar-refractivity contribution is 7.97. The highest BCUT2D eigenvalue weighted by atomic mass is 32.2. The van der Waals surface area contributed by atoms with Crippen LogP contribution in [0.4, 0.5) is 4.39 Å². The van der Waals surface area contributed by atoms with Crippen LogP contribution in [-0.2, 0) is 22.8 Å². The molecular formula is C21H20FNO3S. The van der Waals surface area contributed by atoms with Crippen molar-refractivity contribution in [3.63, 3.8) is 0 Å². The molecular weight excluding hydrogens is 365 g/mol. The van der Waals surface area contributed by atoms with Crippen molar-refractivity contribution in [2.75, 3.05) is 0 Å². The second-order valence-corrected chi connectivity index (χ2v) is 7.51. The second kappa shape index (κ2) is 7.74. The summed E-state index contributed by atoms with van der Waals surface area (Å²) < 4.78 is 31.2. The topological polar surface area (TPSA) is 44.5 Å². The van der Waals surface area contributed by atoms with E-state index in [2.05, 4.69) is 5.16 Å². The lowest BCUT2D eigenvalue weighted by molar-refractivity contribution is -0.112. The van der Waals surface area contributed by atoms with Gasteiger partial charge in [-0.05, 0) is 26.0 Å². The Bertz CT molecular complexity index is 923. The largest absolute Gasteiger partial charge is 0.460 e. The monoisotopic (exact) mass is 385 g/mol. The minimum Gasteiger partial charge on any atom is -0.460 e. The number of ether oxygens (including phenoxy) is 2. The van der Waals surface area contributed by atoms with Crippen LogP contribution in [0.5, 0.6) is 5.75 Å². The summed E-state index contributed by atoms with van der Waals surface area (Å²) >= 11 is 1.68. The minimum atomic E-state index is -0.476. The van der Waals surface area contributed by atoms with Crippen molar-refractivity contribution < 1.29 is 18.4 Å². The van der Waals surface area contributed by atoms with E-state index >= 15 is 0 Å². The van der Waals surface area contributed by atoms with Gasteiger partial charge in [-0.3, -0.25) is 0 Å². The molecule has 27 heavy (non-hydrogen) atoms. The van der Waals surface area contributed by atoms with Gasteiger partial charge in [0, 0.05) is 33.8 Å². The molecule has 0 saturated carbocycles. The maximum Gasteiger partial charge on any atom is 0.227 e. The fourth-order valence-corrected chi connectivity index (χ4v) is 4.28. The molecule has 140 valence electrons. The summed E-state index contributed by atoms with van der Waals surface area (Å²) in [6.45, 7) is 4.17. The first-order valence-electron chi connectivity index (χ1n) is 8.76. The van der Waals surface area contributed by atoms with Gasteiger partial charge in [0.15, 0.2) is 0 Å². The normalized spacial score (nSPS) is 16.0. The molecule has 0 saturated heterocycles. The third-order valence-corrected chi connectivity index (χ3v) is 5.59. The minimum absolute atomic E-state index is 0.271. The zero-order valence-corrected chi connectivity index (χ0v) is 16.0. The molecule has 2 heterocycles. The summed E-state index contributed by atoms with van der Waals surface area (Å²) in [7, 11) is 0. The maximum absolute atomic E-state index is 14.1. The summed E-state index contributed by atoms with van der Waals surface area (Å²) in [5.74, 6) is 2.67. The molecule has 1 aliphatic rings. The standard InChI is InChI=1S/C21H20FNO3S/c1-13-19(14(2)26-23-13)12-27-11-17-9-18(22)8-16-10-24-21(25-20(16)17)15-6-4-3-5-7-15/h3-9,21H,10-12H2,1-2H3/t21-/m0/s1. The lowest BCUT2D eigenvalue weighted by atomic mass is 10.1. The third kappa shape index (κ3) is 3.87. The average Bonchev–Trinajstić information content (AvgIpc) is 3.00. The molecule has 1 aliphatic heterocycles. The lowest BCUT2D eigenvalue weighted by Gasteiger charge is -2.28. The Morgan fingerprint density at radius 3 is 2.70 bits per heavy atom. The second-order valence-electron chi connectivity index (χ2n) is 6.52. The number of hydrogen-bond donors (Lipinski definition) is 0. The summed E-state index contributed by atoms with van der Waals surface area (Å²) in [6.07, 6.45) is -0.476. The summed E-state index contributed by atoms with van der Waals surface area (Å²) in [5.41, 5.74) is 4.52. The highest BCUT2D eigenvalue weighted by Gasteiger charge is 2.25. The molecule has 0 bridgehead atoms. The van der Waals surface area contributed by atoms with Gasteiger partial charge in [-0.2, -0.15) is 11.8 Å². The Labute approximate surface area is 161 Å². The van der Waals surface area contributed by atoms with E-state index in [0.29, 0.717) is 12.4 Å². The van der Waals surface area contributed by atoms with Crippen LogP contribution in [0.2, 0.25) is 0 Å². The first kappa shape index (κ1) is 18.1. The lowest BCUT2D eigenvalue weighted by Crippen LogP contribution is -2.19. The van der Waals surface area contributed by atoms with Gasteiger partial charge in [0.05, 0.1) is 12.3 Å². The molecule has 4 nitrogen and oxygen atoms in total. The fraction of sp³-hybridized carbons (Fsp3) is 0.286. The van der Waals surface area contributed by atoms with Gasteiger partial charge in [0.1, 0.15) is 17.3 Å². The van der Waals surface area contributed by atoms with Crippen LogP contribution in [0.1, 0.15) is 40.0 Å². The third-order valence-electron chi connectivity index (χ3n) is 4.58. The van der Waals surface area contributed by atoms with Crippen LogP contribution in [-0.4, -0.2) is 5.16 Å². The van der Waals surface area contributed by atoms with E-state index in [1.807, 2.05) is 44.2 Å². The number of rotatable bonds is 5. The molecule has 1 aromatic heterocycles. The molecule has 0 N–H and O–H groups in total. The molecule has 0 amide bonds. The fourth-order valence-electron chi connectivity index (χ4n) is 3.13. The van der Waals surface area contributed by atoms with Gasteiger partial charge in [0.25, 0.3) is 0 Å². The van der Waals surface area contributed by atoms with E-state index < -0.39 is 6.29 Å². The summed E-state index contributed by atoms with van der Waals surface area (Å²) in [4.78, 5) is 0. The van der Waals surface area contributed by atoms with Crippen molar-refractivity contribution in [2.45, 2.75) is 38.3 Å². The average molecular weight is 385 g/mol. The van der Waals surface area contributed by atoms with Crippen molar-refractivity contribution in [3.8, 4) is 5.75 Å². The van der Waals surface area contributed by atoms with Crippen LogP contribution in [0.15, 0.2) is 47.0 Å². The zero-order chi connectivity index (χ0) is 18.8. The van der Waals surface area contributed by atoms with E-state index in [-0.39, 0.29) is 5.82 Å². The number of halogens is 1. The molecule has 4 rings (SSSR count). The summed E-state index contributed by atoms with van der Waals surface area (Å²) in [5, 5.41) is 3.98. The van der Waals surface area contributed by atoms with Crippen molar-refractivity contribution in [2.24, 2.45) is 0 Å². The van der Waals surface area contributed by atoms with Crippen molar-refractivity contribution in [1.29, 1.82) is 0 Å². The number of aryl methyl sites for hydroxylation is 2. The van der Waals surface area contributed by atoms with Gasteiger partial charge in [-0.1, -0.05) is 35.5 Å². The number of thioether (sulfide) groups is 1. The first-order chi connectivity index (χ1) is 13.1. The molecule has 0 aliphatic carbocycles. The van der Waals surface area contributed by atoms with Gasteiger partial charge in [-0.15, -0.1) is 0 Å². The maximum atomic E-state index is 14.1. The van der Waals surface area contributed by atoms with E-state index in [4.69, 9.17) is 14.0 Å². The number of benzene rings is 2. The molecule has 6 heteroatoms. The number of fused-ring (bicyclic) bond motifs is 1. The van der Waals surface area contributed by atoms with Crippen LogP contribution >= 0.6 is 11.8 Å². The molecule has 1 atom stereocenters. The van der Waals surface area contributed by atoms with Crippen LogP contribution in [0.25, 0.3) is 0 Å². The number of hydrogen-bond acceptors (Lipinski definition) is 5. The van der Waals surface area contributed by atoms with Gasteiger partial charge >= 0.3 is 0 Å². The quantitative estimate of drug-likeness (QED) is 0.583. The predicted molar refractivity (Wildman–Crippen MR) is 102 cm³/mol. The van der Waals surface area contributed by atoms with Gasteiger partial charge in [0.2, 0.25) is 6.29 Å². The van der Waals surface area contributed by atoms with E-state index in [1.165, 1.54) is 6.07 Å². The van der Waals surface area contributed by atoms with Crippen LogP contribution in [0, 0.1) is 19.7 Å². The smallest absolute Gasteiger partial charge is 0.227 e. The predicted octanol–water partition coefficient (Wildman–Crippen LogP) is 5.47. The SMILES string of the molecule is Cc1noc(C)c1CSCc1cc(F)cc2c1O[C@@H](c1ccccc1)OC2. The molecule has 2 aromatic carbocycles. The zero-order valence-electron chi connectivity index (χ0n) is 15.2. The molecule has 0 spiro atoms. The Kier molecular flexibility index (Phi) is 5.18. The van der Waals surface area contributed by atoms with Crippen molar-refractivity contribution >= 4 is 11.8 Å². The molecule has 0 unspecified atom stereocenters. The van der Waals surface area contributed by atoms with E-state index in [9.17, 15) is 4.39 Å². The Hall–Kier alpha value is -2.31. The number of aromatic nitrogens is 1. The van der Waals surface area contributed by atoms with Crippen LogP contribution < -0.4 is 4.74 Å². The van der Waals surface area contributed by atoms with Crippen LogP contribution in [0.3, 0.4) is 0 Å². The summed E-state index contributed by atoms with van der Waals surface area (Å²) in [6, 6.07) is 12.8. The van der Waals surface area contributed by atoms with Gasteiger partial charge in [-0.25, -0.2) is 4.39 Å². The molecule has 0 radical (unpaired) electrons. The van der Waals surface area contributed by atoms with E-state index in [1.54, 1.807) is 17.8 Å². The van der Waals surface area contributed by atoms with E-state index in [0.717, 1.165) is 45.2 Å². The molecule has 0 fully saturated rings. The Morgan fingerprint density at radius 2 is 1.96 bits per heavy atom. The van der Waals surface area contributed by atoms with Crippen molar-refractivity contribution in [1.82, 2.24) is 5.16 Å². The van der Waals surface area contributed by atoms with Gasteiger partial charge < -0.3 is 14.0 Å². The molecule has 3 aromatic rings. The Balaban J connectivity index is 1.53. The first-order valence-corrected chi connectivity index (χ1v) is 9.91. The number of nitrogens with zero attached hydrogens (tertiary/aromatic N) is 1.